The summed E-state index contributed by atoms with van der Waals surface area (Å²) in [7, 11) is 0. The Kier molecular flexibility index (Phi) is 2.18. The van der Waals surface area contributed by atoms with Crippen molar-refractivity contribution in [2.75, 3.05) is 6.54 Å². The summed E-state index contributed by atoms with van der Waals surface area (Å²) in [5.74, 6) is 1.97. The van der Waals surface area contributed by atoms with Gasteiger partial charge in [0, 0.05) is 18.1 Å². The first-order valence-electron chi connectivity index (χ1n) is 5.75. The zero-order valence-electron chi connectivity index (χ0n) is 9.51. The molecule has 0 aromatic rings. The van der Waals surface area contributed by atoms with Crippen molar-refractivity contribution < 1.29 is 0 Å². The first kappa shape index (κ1) is 9.51. The number of rotatable bonds is 0. The Balaban J connectivity index is 2.11. The largest absolute Gasteiger partial charge is 0.295 e. The summed E-state index contributed by atoms with van der Waals surface area (Å²) in [6.45, 7) is 10.9. The highest BCUT2D eigenvalue weighted by atomic mass is 15.2. The van der Waals surface area contributed by atoms with Crippen LogP contribution in [0, 0.1) is 11.8 Å². The number of nitrogens with zero attached hydrogens (tertiary/aromatic N) is 1. The van der Waals surface area contributed by atoms with Crippen LogP contribution in [0.4, 0.5) is 0 Å². The highest BCUT2D eigenvalue weighted by Crippen LogP contribution is 2.41. The quantitative estimate of drug-likeness (QED) is 0.555. The maximum atomic E-state index is 2.74. The lowest BCUT2D eigenvalue weighted by molar-refractivity contribution is -0.0424. The lowest BCUT2D eigenvalue weighted by Gasteiger charge is -2.54. The normalized spacial score (nSPS) is 41.1. The van der Waals surface area contributed by atoms with Crippen LogP contribution in [-0.2, 0) is 0 Å². The Morgan fingerprint density at radius 2 is 1.85 bits per heavy atom. The number of piperidine rings is 2. The van der Waals surface area contributed by atoms with Crippen LogP contribution in [0.3, 0.4) is 0 Å². The molecule has 13 heavy (non-hydrogen) atoms. The molecule has 3 aliphatic rings. The van der Waals surface area contributed by atoms with E-state index < -0.39 is 0 Å². The van der Waals surface area contributed by atoms with Gasteiger partial charge in [-0.15, -0.1) is 0 Å². The summed E-state index contributed by atoms with van der Waals surface area (Å²) in [6, 6.07) is 0.889. The van der Waals surface area contributed by atoms with E-state index in [1.54, 1.807) is 0 Å². The lowest BCUT2D eigenvalue weighted by atomic mass is 9.71. The third-order valence-corrected chi connectivity index (χ3v) is 4.05. The highest BCUT2D eigenvalue weighted by molar-refractivity contribution is 4.96. The lowest BCUT2D eigenvalue weighted by Crippen LogP contribution is -2.58. The minimum absolute atomic E-state index is 0.392. The second-order valence-electron chi connectivity index (χ2n) is 6.03. The summed E-state index contributed by atoms with van der Waals surface area (Å²) in [6.07, 6.45) is 4.38. The fourth-order valence-electron chi connectivity index (χ4n) is 3.21. The summed E-state index contributed by atoms with van der Waals surface area (Å²) in [5, 5.41) is 0. The van der Waals surface area contributed by atoms with Crippen LogP contribution < -0.4 is 0 Å². The predicted octanol–water partition coefficient (Wildman–Crippen LogP) is 2.91. The zero-order chi connectivity index (χ0) is 9.64. The summed E-state index contributed by atoms with van der Waals surface area (Å²) >= 11 is 0. The average Bonchev–Trinajstić information content (AvgIpc) is 2.03. The molecule has 1 aliphatic carbocycles. The second-order valence-corrected chi connectivity index (χ2v) is 6.03. The molecule has 0 N–H and O–H groups in total. The SMILES string of the molecule is C[C@H]1C[C@@H]2CC[C@H]1CN2C(C)(C)C. The van der Waals surface area contributed by atoms with E-state index >= 15 is 0 Å². The molecule has 0 aromatic heterocycles. The summed E-state index contributed by atoms with van der Waals surface area (Å²) in [4.78, 5) is 2.74. The van der Waals surface area contributed by atoms with Crippen LogP contribution in [0.5, 0.6) is 0 Å². The molecule has 76 valence electrons. The van der Waals surface area contributed by atoms with E-state index in [1.165, 1.54) is 25.8 Å². The first-order chi connectivity index (χ1) is 5.98. The van der Waals surface area contributed by atoms with Gasteiger partial charge in [0.25, 0.3) is 0 Å². The molecule has 2 saturated heterocycles. The molecule has 1 heteroatoms. The third kappa shape index (κ3) is 1.63. The fourth-order valence-corrected chi connectivity index (χ4v) is 3.21. The molecule has 1 nitrogen and oxygen atoms in total. The van der Waals surface area contributed by atoms with Crippen LogP contribution in [-0.4, -0.2) is 23.0 Å². The van der Waals surface area contributed by atoms with Gasteiger partial charge in [-0.1, -0.05) is 6.92 Å². The van der Waals surface area contributed by atoms with E-state index in [4.69, 9.17) is 0 Å². The molecule has 0 amide bonds. The van der Waals surface area contributed by atoms with Crippen molar-refractivity contribution in [1.29, 1.82) is 0 Å². The second kappa shape index (κ2) is 2.98. The van der Waals surface area contributed by atoms with Gasteiger partial charge in [0.05, 0.1) is 0 Å². The standard InChI is InChI=1S/C12H23N/c1-9-7-11-6-5-10(9)8-13(11)12(2,3)4/h9-11H,5-8H2,1-4H3/t9-,10-,11-/m0/s1. The van der Waals surface area contributed by atoms with Gasteiger partial charge in [0.15, 0.2) is 0 Å². The van der Waals surface area contributed by atoms with E-state index in [0.717, 1.165) is 17.9 Å². The zero-order valence-corrected chi connectivity index (χ0v) is 9.51. The number of fused-ring (bicyclic) bond motifs is 3. The van der Waals surface area contributed by atoms with Crippen molar-refractivity contribution in [3.05, 3.63) is 0 Å². The molecule has 2 aliphatic heterocycles. The Bertz CT molecular complexity index is 192. The van der Waals surface area contributed by atoms with Crippen molar-refractivity contribution in [3.8, 4) is 0 Å². The fraction of sp³-hybridized carbons (Fsp3) is 1.00. The molecule has 0 aromatic carbocycles. The summed E-state index contributed by atoms with van der Waals surface area (Å²) < 4.78 is 0. The average molecular weight is 181 g/mol. The van der Waals surface area contributed by atoms with E-state index in [-0.39, 0.29) is 0 Å². The van der Waals surface area contributed by atoms with Crippen molar-refractivity contribution in [3.63, 3.8) is 0 Å². The Morgan fingerprint density at radius 3 is 2.23 bits per heavy atom. The van der Waals surface area contributed by atoms with Gasteiger partial charge in [-0.05, 0) is 51.9 Å². The first-order valence-corrected chi connectivity index (χ1v) is 5.75. The topological polar surface area (TPSA) is 3.24 Å². The predicted molar refractivity (Wildman–Crippen MR) is 56.8 cm³/mol. The molecule has 1 saturated carbocycles. The van der Waals surface area contributed by atoms with Crippen molar-refractivity contribution >= 4 is 0 Å². The van der Waals surface area contributed by atoms with Crippen molar-refractivity contribution in [1.82, 2.24) is 4.90 Å². The van der Waals surface area contributed by atoms with Crippen LogP contribution in [0.2, 0.25) is 0 Å². The van der Waals surface area contributed by atoms with Gasteiger partial charge in [-0.2, -0.15) is 0 Å². The molecular weight excluding hydrogens is 158 g/mol. The minimum Gasteiger partial charge on any atom is -0.295 e. The molecule has 2 bridgehead atoms. The maximum Gasteiger partial charge on any atom is 0.0128 e. The molecule has 0 radical (unpaired) electrons. The van der Waals surface area contributed by atoms with Crippen molar-refractivity contribution in [2.24, 2.45) is 11.8 Å². The molecular formula is C12H23N. The maximum absolute atomic E-state index is 2.74. The number of hydrogen-bond donors (Lipinski definition) is 0. The molecule has 3 atom stereocenters. The van der Waals surface area contributed by atoms with E-state index in [1.807, 2.05) is 0 Å². The highest BCUT2D eigenvalue weighted by Gasteiger charge is 2.41. The molecule has 0 spiro atoms. The van der Waals surface area contributed by atoms with E-state index in [2.05, 4.69) is 32.6 Å². The van der Waals surface area contributed by atoms with Gasteiger partial charge < -0.3 is 0 Å². The number of hydrogen-bond acceptors (Lipinski definition) is 1. The Morgan fingerprint density at radius 1 is 1.15 bits per heavy atom. The van der Waals surface area contributed by atoms with Crippen LogP contribution >= 0.6 is 0 Å². The van der Waals surface area contributed by atoms with E-state index in [9.17, 15) is 0 Å². The summed E-state index contributed by atoms with van der Waals surface area (Å²) in [5.41, 5.74) is 0.392. The molecule has 3 fully saturated rings. The van der Waals surface area contributed by atoms with Crippen LogP contribution in [0.25, 0.3) is 0 Å². The van der Waals surface area contributed by atoms with Gasteiger partial charge in [-0.25, -0.2) is 0 Å². The van der Waals surface area contributed by atoms with Gasteiger partial charge in [-0.3, -0.25) is 4.90 Å². The third-order valence-electron chi connectivity index (χ3n) is 4.05. The molecule has 3 rings (SSSR count). The molecule has 2 heterocycles. The Labute approximate surface area is 82.5 Å². The van der Waals surface area contributed by atoms with Crippen LogP contribution in [0.1, 0.15) is 47.0 Å². The minimum atomic E-state index is 0.392. The van der Waals surface area contributed by atoms with Crippen LogP contribution in [0.15, 0.2) is 0 Å². The Hall–Kier alpha value is -0.0400. The van der Waals surface area contributed by atoms with Crippen molar-refractivity contribution in [2.45, 2.75) is 58.5 Å². The van der Waals surface area contributed by atoms with E-state index in [0.29, 0.717) is 5.54 Å². The smallest absolute Gasteiger partial charge is 0.0128 e. The van der Waals surface area contributed by atoms with Gasteiger partial charge in [0.2, 0.25) is 0 Å². The van der Waals surface area contributed by atoms with Gasteiger partial charge in [0.1, 0.15) is 0 Å². The monoisotopic (exact) mass is 181 g/mol. The van der Waals surface area contributed by atoms with Gasteiger partial charge >= 0.3 is 0 Å². The molecule has 0 unspecified atom stereocenters.